The van der Waals surface area contributed by atoms with Crippen molar-refractivity contribution in [2.45, 2.75) is 38.3 Å². The maximum atomic E-state index is 12.5. The fraction of sp³-hybridized carbons (Fsp3) is 0.292. The minimum Gasteiger partial charge on any atom is -0.382 e. The monoisotopic (exact) mass is 481 g/mol. The molecular weight excluding hydrogens is 458 g/mol. The summed E-state index contributed by atoms with van der Waals surface area (Å²) in [5.74, 6) is -1.29. The fourth-order valence-electron chi connectivity index (χ4n) is 4.38. The molecule has 33 heavy (non-hydrogen) atoms. The molecule has 0 radical (unpaired) electrons. The fourth-order valence-corrected chi connectivity index (χ4v) is 6.14. The molecule has 5 rings (SSSR count). The van der Waals surface area contributed by atoms with Crippen LogP contribution >= 0.6 is 22.7 Å². The van der Waals surface area contributed by atoms with E-state index in [4.69, 9.17) is 0 Å². The highest BCUT2D eigenvalue weighted by molar-refractivity contribution is 7.12. The van der Waals surface area contributed by atoms with Crippen molar-refractivity contribution in [3.05, 3.63) is 67.5 Å². The SMILES string of the molecule is O=C(NCc1ccc(C(O)c2cccs2)s1)C(=O)Nc1cc2c3c(c1)CCC(=O)N3CCC2. The average Bonchev–Trinajstić information content (AvgIpc) is 3.52. The van der Waals surface area contributed by atoms with Crippen LogP contribution in [0.25, 0.3) is 0 Å². The molecule has 4 heterocycles. The smallest absolute Gasteiger partial charge is 0.313 e. The minimum absolute atomic E-state index is 0.152. The van der Waals surface area contributed by atoms with E-state index >= 15 is 0 Å². The molecule has 2 aliphatic heterocycles. The molecule has 0 saturated heterocycles. The highest BCUT2D eigenvalue weighted by Crippen LogP contribution is 2.38. The molecule has 3 aromatic rings. The van der Waals surface area contributed by atoms with Gasteiger partial charge in [-0.05, 0) is 66.1 Å². The van der Waals surface area contributed by atoms with Crippen molar-refractivity contribution in [1.29, 1.82) is 0 Å². The van der Waals surface area contributed by atoms with E-state index in [0.717, 1.165) is 50.8 Å². The van der Waals surface area contributed by atoms with Gasteiger partial charge in [0.05, 0.1) is 12.2 Å². The Hall–Kier alpha value is -3.01. The number of aryl methyl sites for hydroxylation is 2. The Bertz CT molecular complexity index is 1200. The summed E-state index contributed by atoms with van der Waals surface area (Å²) in [6, 6.07) is 11.2. The summed E-state index contributed by atoms with van der Waals surface area (Å²) in [6.45, 7) is 0.947. The Morgan fingerprint density at radius 3 is 2.67 bits per heavy atom. The lowest BCUT2D eigenvalue weighted by atomic mass is 9.91. The van der Waals surface area contributed by atoms with Gasteiger partial charge in [-0.2, -0.15) is 0 Å². The number of amides is 3. The number of thiophene rings is 2. The first kappa shape index (κ1) is 21.8. The summed E-state index contributed by atoms with van der Waals surface area (Å²) < 4.78 is 0. The van der Waals surface area contributed by atoms with Crippen LogP contribution < -0.4 is 15.5 Å². The second-order valence-electron chi connectivity index (χ2n) is 8.15. The molecule has 0 aliphatic carbocycles. The minimum atomic E-state index is -0.725. The number of nitrogens with one attached hydrogen (secondary N) is 2. The van der Waals surface area contributed by atoms with Crippen LogP contribution in [0.15, 0.2) is 41.8 Å². The molecule has 2 aliphatic rings. The van der Waals surface area contributed by atoms with Gasteiger partial charge in [0, 0.05) is 33.3 Å². The van der Waals surface area contributed by atoms with Crippen molar-refractivity contribution >= 4 is 51.8 Å². The standard InChI is InChI=1S/C24H23N3O4S2/c28-20-8-5-15-12-16(11-14-3-1-9-27(20)21(14)15)26-24(31)23(30)25-13-17-6-7-19(33-17)22(29)18-4-2-10-32-18/h2,4,6-7,10-12,22,29H,1,3,5,8-9,13H2,(H,25,30)(H,26,31). The van der Waals surface area contributed by atoms with Crippen LogP contribution in [0.3, 0.4) is 0 Å². The van der Waals surface area contributed by atoms with E-state index in [1.807, 2.05) is 46.7 Å². The Morgan fingerprint density at radius 1 is 1.06 bits per heavy atom. The number of aliphatic hydroxyl groups is 1. The highest BCUT2D eigenvalue weighted by atomic mass is 32.1. The molecule has 170 valence electrons. The van der Waals surface area contributed by atoms with Gasteiger partial charge in [-0.1, -0.05) is 6.07 Å². The van der Waals surface area contributed by atoms with Gasteiger partial charge >= 0.3 is 11.8 Å². The largest absolute Gasteiger partial charge is 0.382 e. The number of hydrogen-bond acceptors (Lipinski definition) is 6. The predicted octanol–water partition coefficient (Wildman–Crippen LogP) is 3.37. The number of carbonyl (C=O) groups is 3. The molecule has 0 bridgehead atoms. The third-order valence-electron chi connectivity index (χ3n) is 5.93. The van der Waals surface area contributed by atoms with Crippen LogP contribution in [-0.2, 0) is 33.8 Å². The maximum absolute atomic E-state index is 12.5. The second kappa shape index (κ2) is 9.09. The van der Waals surface area contributed by atoms with Gasteiger partial charge in [-0.3, -0.25) is 14.4 Å². The molecule has 1 unspecified atom stereocenters. The summed E-state index contributed by atoms with van der Waals surface area (Å²) in [5, 5.41) is 17.7. The number of carbonyl (C=O) groups excluding carboxylic acids is 3. The molecule has 1 aromatic carbocycles. The Kier molecular flexibility index (Phi) is 6.01. The van der Waals surface area contributed by atoms with Crippen LogP contribution in [0.2, 0.25) is 0 Å². The summed E-state index contributed by atoms with van der Waals surface area (Å²) in [6.07, 6.45) is 2.17. The van der Waals surface area contributed by atoms with Gasteiger partial charge in [0.25, 0.3) is 0 Å². The van der Waals surface area contributed by atoms with Crippen molar-refractivity contribution < 1.29 is 19.5 Å². The van der Waals surface area contributed by atoms with E-state index in [1.165, 1.54) is 22.7 Å². The lowest BCUT2D eigenvalue weighted by molar-refractivity contribution is -0.136. The number of rotatable bonds is 5. The quantitative estimate of drug-likeness (QED) is 0.487. The summed E-state index contributed by atoms with van der Waals surface area (Å²) >= 11 is 2.89. The van der Waals surface area contributed by atoms with E-state index in [-0.39, 0.29) is 12.5 Å². The zero-order valence-electron chi connectivity index (χ0n) is 17.8. The molecule has 3 amide bonds. The van der Waals surface area contributed by atoms with Gasteiger partial charge in [-0.25, -0.2) is 0 Å². The van der Waals surface area contributed by atoms with Gasteiger partial charge < -0.3 is 20.6 Å². The second-order valence-corrected chi connectivity index (χ2v) is 10.3. The molecule has 0 saturated carbocycles. The zero-order valence-corrected chi connectivity index (χ0v) is 19.4. The van der Waals surface area contributed by atoms with Crippen LogP contribution in [0.1, 0.15) is 44.7 Å². The first-order valence-corrected chi connectivity index (χ1v) is 12.5. The lowest BCUT2D eigenvalue weighted by Crippen LogP contribution is -2.39. The summed E-state index contributed by atoms with van der Waals surface area (Å²) in [4.78, 5) is 41.4. The maximum Gasteiger partial charge on any atom is 0.313 e. The van der Waals surface area contributed by atoms with Crippen molar-refractivity contribution in [3.8, 4) is 0 Å². The molecule has 9 heteroatoms. The zero-order chi connectivity index (χ0) is 22.9. The van der Waals surface area contributed by atoms with Gasteiger partial charge in [0.1, 0.15) is 6.10 Å². The molecule has 0 fully saturated rings. The Morgan fingerprint density at radius 2 is 1.88 bits per heavy atom. The van der Waals surface area contributed by atoms with Crippen LogP contribution in [0.5, 0.6) is 0 Å². The van der Waals surface area contributed by atoms with Gasteiger partial charge in [0.2, 0.25) is 5.91 Å². The van der Waals surface area contributed by atoms with E-state index in [2.05, 4.69) is 10.6 Å². The molecular formula is C24H23N3O4S2. The van der Waals surface area contributed by atoms with Crippen LogP contribution in [0.4, 0.5) is 11.4 Å². The third-order valence-corrected chi connectivity index (χ3v) is 7.99. The number of aliphatic hydroxyl groups excluding tert-OH is 1. The number of benzene rings is 1. The van der Waals surface area contributed by atoms with Gasteiger partial charge in [0.15, 0.2) is 0 Å². The predicted molar refractivity (Wildman–Crippen MR) is 129 cm³/mol. The first-order chi connectivity index (χ1) is 16.0. The molecule has 2 aromatic heterocycles. The number of anilines is 2. The summed E-state index contributed by atoms with van der Waals surface area (Å²) in [7, 11) is 0. The van der Waals surface area contributed by atoms with Crippen LogP contribution in [-0.4, -0.2) is 29.4 Å². The molecule has 3 N–H and O–H groups in total. The average molecular weight is 482 g/mol. The third kappa shape index (κ3) is 4.44. The topological polar surface area (TPSA) is 98.7 Å². The lowest BCUT2D eigenvalue weighted by Gasteiger charge is -2.35. The number of hydrogen-bond donors (Lipinski definition) is 3. The van der Waals surface area contributed by atoms with E-state index in [1.54, 1.807) is 0 Å². The molecule has 1 atom stereocenters. The van der Waals surface area contributed by atoms with Crippen molar-refractivity contribution in [1.82, 2.24) is 5.32 Å². The van der Waals surface area contributed by atoms with Crippen molar-refractivity contribution in [2.75, 3.05) is 16.8 Å². The first-order valence-electron chi connectivity index (χ1n) is 10.8. The van der Waals surface area contributed by atoms with Crippen molar-refractivity contribution in [3.63, 3.8) is 0 Å². The van der Waals surface area contributed by atoms with Gasteiger partial charge in [-0.15, -0.1) is 22.7 Å². The Labute approximate surface area is 199 Å². The van der Waals surface area contributed by atoms with E-state index in [0.29, 0.717) is 18.5 Å². The van der Waals surface area contributed by atoms with E-state index < -0.39 is 17.9 Å². The molecule has 0 spiro atoms. The highest BCUT2D eigenvalue weighted by Gasteiger charge is 2.30. The number of nitrogens with zero attached hydrogens (tertiary/aromatic N) is 1. The normalized spacial score (nSPS) is 15.7. The Balaban J connectivity index is 1.21. The van der Waals surface area contributed by atoms with Crippen LogP contribution in [0, 0.1) is 0 Å². The summed E-state index contributed by atoms with van der Waals surface area (Å²) in [5.41, 5.74) is 3.65. The molecule has 7 nitrogen and oxygen atoms in total. The van der Waals surface area contributed by atoms with Crippen molar-refractivity contribution in [2.24, 2.45) is 0 Å². The van der Waals surface area contributed by atoms with E-state index in [9.17, 15) is 19.5 Å².